The van der Waals surface area contributed by atoms with Gasteiger partial charge in [0, 0.05) is 33.7 Å². The number of carboxylic acids is 1. The number of halogens is 1. The summed E-state index contributed by atoms with van der Waals surface area (Å²) >= 11 is 1.38. The van der Waals surface area contributed by atoms with Crippen LogP contribution in [-0.2, 0) is 4.84 Å². The molecule has 0 radical (unpaired) electrons. The van der Waals surface area contributed by atoms with Crippen molar-refractivity contribution in [1.29, 1.82) is 0 Å². The van der Waals surface area contributed by atoms with Crippen molar-refractivity contribution in [2.75, 3.05) is 7.11 Å². The molecule has 0 unspecified atom stereocenters. The lowest BCUT2D eigenvalue weighted by atomic mass is 9.96. The molecule has 0 spiro atoms. The molecule has 4 aromatic rings. The minimum absolute atomic E-state index is 0.173. The van der Waals surface area contributed by atoms with E-state index in [0.717, 1.165) is 11.3 Å². The van der Waals surface area contributed by atoms with Gasteiger partial charge in [-0.05, 0) is 24.3 Å². The highest BCUT2D eigenvalue weighted by Crippen LogP contribution is 2.34. The first-order valence-corrected chi connectivity index (χ1v) is 9.99. The summed E-state index contributed by atoms with van der Waals surface area (Å²) in [6.07, 6.45) is 0. The van der Waals surface area contributed by atoms with Crippen molar-refractivity contribution in [2.24, 2.45) is 0 Å². The fourth-order valence-corrected chi connectivity index (χ4v) is 4.07. The number of thiazole rings is 1. The van der Waals surface area contributed by atoms with Crippen molar-refractivity contribution in [1.82, 2.24) is 4.98 Å². The number of hydrogen-bond acceptors (Lipinski definition) is 4. The average molecular weight is 421 g/mol. The number of carbonyl (C=O) groups is 1. The lowest BCUT2D eigenvalue weighted by Gasteiger charge is -2.10. The Labute approximate surface area is 176 Å². The van der Waals surface area contributed by atoms with E-state index < -0.39 is 5.97 Å². The maximum Gasteiger partial charge on any atom is 0.336 e. The Bertz CT molecular complexity index is 1220. The van der Waals surface area contributed by atoms with Gasteiger partial charge in [-0.15, -0.1) is 11.3 Å². The summed E-state index contributed by atoms with van der Waals surface area (Å²) in [5.74, 6) is -1.35. The van der Waals surface area contributed by atoms with Gasteiger partial charge in [-0.25, -0.2) is 19.0 Å². The Kier molecular flexibility index (Phi) is 5.67. The van der Waals surface area contributed by atoms with Crippen LogP contribution in [0, 0.1) is 5.82 Å². The first kappa shape index (κ1) is 19.9. The van der Waals surface area contributed by atoms with Crippen LogP contribution >= 0.6 is 11.3 Å². The van der Waals surface area contributed by atoms with Crippen LogP contribution in [0.5, 0.6) is 0 Å². The Morgan fingerprint density at radius 1 is 1.03 bits per heavy atom. The molecule has 0 saturated carbocycles. The van der Waals surface area contributed by atoms with E-state index in [-0.39, 0.29) is 11.4 Å². The average Bonchev–Trinajstić information content (AvgIpc) is 3.24. The van der Waals surface area contributed by atoms with E-state index in [2.05, 4.69) is 4.98 Å². The second kappa shape index (κ2) is 8.54. The number of nitrogens with zero attached hydrogens (tertiary/aromatic N) is 1. The molecular weight excluding hydrogens is 403 g/mol. The summed E-state index contributed by atoms with van der Waals surface area (Å²) in [5.41, 5.74) is 5.93. The highest BCUT2D eigenvalue weighted by molar-refractivity contribution is 7.13. The first-order chi connectivity index (χ1) is 14.6. The molecule has 0 saturated heterocycles. The first-order valence-electron chi connectivity index (χ1n) is 9.11. The summed E-state index contributed by atoms with van der Waals surface area (Å²) in [6.45, 7) is 0. The molecule has 0 amide bonds. The molecule has 7 heteroatoms. The van der Waals surface area contributed by atoms with Gasteiger partial charge in [0.25, 0.3) is 0 Å². The van der Waals surface area contributed by atoms with Gasteiger partial charge in [0.05, 0.1) is 18.4 Å². The number of rotatable bonds is 6. The molecular formula is C23H18FN2O3S+. The number of nitrogens with two attached hydrogens (primary N) is 1. The molecule has 0 aliphatic heterocycles. The number of aromatic nitrogens is 1. The van der Waals surface area contributed by atoms with E-state index in [1.807, 2.05) is 35.7 Å². The highest BCUT2D eigenvalue weighted by Gasteiger charge is 2.18. The molecule has 1 heterocycles. The van der Waals surface area contributed by atoms with E-state index in [1.165, 1.54) is 23.5 Å². The van der Waals surface area contributed by atoms with E-state index >= 15 is 0 Å². The predicted molar refractivity (Wildman–Crippen MR) is 114 cm³/mol. The number of hydrogen-bond donors (Lipinski definition) is 2. The van der Waals surface area contributed by atoms with Crippen molar-refractivity contribution in [3.8, 4) is 33.0 Å². The SMILES string of the molecule is CO[NH2+]c1ccccc1-c1ccc(-c2nc(-c3cccc(F)c3)cs2)cc1C(=O)O. The predicted octanol–water partition coefficient (Wildman–Crippen LogP) is 4.74. The normalized spacial score (nSPS) is 10.9. The smallest absolute Gasteiger partial charge is 0.336 e. The number of carboxylic acid groups (broad SMARTS) is 1. The van der Waals surface area contributed by atoms with Crippen LogP contribution in [0.3, 0.4) is 0 Å². The minimum Gasteiger partial charge on any atom is -0.478 e. The van der Waals surface area contributed by atoms with Crippen LogP contribution in [0.4, 0.5) is 10.1 Å². The molecule has 150 valence electrons. The minimum atomic E-state index is -1.03. The number of quaternary nitrogens is 1. The van der Waals surface area contributed by atoms with E-state index in [1.54, 1.807) is 36.9 Å². The molecule has 0 aliphatic rings. The van der Waals surface area contributed by atoms with Gasteiger partial charge in [-0.1, -0.05) is 36.4 Å². The topological polar surface area (TPSA) is 76.0 Å². The van der Waals surface area contributed by atoms with Gasteiger partial charge in [-0.2, -0.15) is 5.48 Å². The van der Waals surface area contributed by atoms with Crippen molar-refractivity contribution >= 4 is 23.0 Å². The fourth-order valence-electron chi connectivity index (χ4n) is 3.25. The van der Waals surface area contributed by atoms with E-state index in [9.17, 15) is 14.3 Å². The third-order valence-electron chi connectivity index (χ3n) is 4.62. The molecule has 0 atom stereocenters. The maximum absolute atomic E-state index is 13.5. The second-order valence-electron chi connectivity index (χ2n) is 6.55. The van der Waals surface area contributed by atoms with Crippen LogP contribution < -0.4 is 5.48 Å². The van der Waals surface area contributed by atoms with Crippen molar-refractivity contribution in [3.63, 3.8) is 0 Å². The van der Waals surface area contributed by atoms with Crippen LogP contribution in [-0.4, -0.2) is 23.2 Å². The van der Waals surface area contributed by atoms with Crippen molar-refractivity contribution in [2.45, 2.75) is 0 Å². The highest BCUT2D eigenvalue weighted by atomic mass is 32.1. The fraction of sp³-hybridized carbons (Fsp3) is 0.0435. The van der Waals surface area contributed by atoms with Crippen molar-refractivity contribution < 1.29 is 24.6 Å². The molecule has 0 aliphatic carbocycles. The lowest BCUT2D eigenvalue weighted by Crippen LogP contribution is -2.76. The summed E-state index contributed by atoms with van der Waals surface area (Å²) in [6, 6.07) is 18.9. The molecule has 1 aromatic heterocycles. The molecule has 0 bridgehead atoms. The Hall–Kier alpha value is -3.39. The van der Waals surface area contributed by atoms with Gasteiger partial charge in [0.15, 0.2) is 5.69 Å². The summed E-state index contributed by atoms with van der Waals surface area (Å²) in [5, 5.41) is 12.3. The third kappa shape index (κ3) is 3.99. The van der Waals surface area contributed by atoms with Crippen molar-refractivity contribution in [3.05, 3.63) is 83.5 Å². The van der Waals surface area contributed by atoms with Gasteiger partial charge in [0.2, 0.25) is 0 Å². The van der Waals surface area contributed by atoms with Crippen LogP contribution in [0.15, 0.2) is 72.1 Å². The maximum atomic E-state index is 13.5. The van der Waals surface area contributed by atoms with Crippen LogP contribution in [0.25, 0.3) is 33.0 Å². The third-order valence-corrected chi connectivity index (χ3v) is 5.51. The Morgan fingerprint density at radius 2 is 1.87 bits per heavy atom. The van der Waals surface area contributed by atoms with E-state index in [0.29, 0.717) is 27.4 Å². The molecule has 5 nitrogen and oxygen atoms in total. The zero-order valence-electron chi connectivity index (χ0n) is 16.0. The number of aromatic carboxylic acids is 1. The summed E-state index contributed by atoms with van der Waals surface area (Å²) in [7, 11) is 1.55. The molecule has 30 heavy (non-hydrogen) atoms. The quantitative estimate of drug-likeness (QED) is 0.348. The second-order valence-corrected chi connectivity index (χ2v) is 7.41. The molecule has 3 N–H and O–H groups in total. The van der Waals surface area contributed by atoms with Gasteiger partial charge in [0.1, 0.15) is 10.8 Å². The largest absolute Gasteiger partial charge is 0.478 e. The Balaban J connectivity index is 1.76. The summed E-state index contributed by atoms with van der Waals surface area (Å²) < 4.78 is 13.5. The van der Waals surface area contributed by atoms with Gasteiger partial charge >= 0.3 is 5.97 Å². The standard InChI is InChI=1S/C23H17FN2O3S/c1-29-26-20-8-3-2-7-18(20)17-10-9-15(12-19(17)23(27)28)22-25-21(13-30-22)14-5-4-6-16(24)11-14/h2-13,26H,1H3,(H,27,28)/p+1. The Morgan fingerprint density at radius 3 is 2.63 bits per heavy atom. The van der Waals surface area contributed by atoms with Crippen LogP contribution in [0.2, 0.25) is 0 Å². The number of benzene rings is 3. The molecule has 0 fully saturated rings. The molecule has 3 aromatic carbocycles. The van der Waals surface area contributed by atoms with Gasteiger partial charge < -0.3 is 5.11 Å². The molecule has 4 rings (SSSR count). The lowest BCUT2D eigenvalue weighted by molar-refractivity contribution is -0.829. The zero-order chi connectivity index (χ0) is 21.1. The zero-order valence-corrected chi connectivity index (χ0v) is 16.8. The monoisotopic (exact) mass is 421 g/mol. The van der Waals surface area contributed by atoms with E-state index in [4.69, 9.17) is 4.84 Å². The van der Waals surface area contributed by atoms with Gasteiger partial charge in [-0.3, -0.25) is 0 Å². The van der Waals surface area contributed by atoms with Crippen LogP contribution in [0.1, 0.15) is 10.4 Å². The summed E-state index contributed by atoms with van der Waals surface area (Å²) in [4.78, 5) is 21.7.